The Bertz CT molecular complexity index is 275. The number of methoxy groups -OCH3 is 3. The molecule has 0 saturated carbocycles. The molecule has 1 rings (SSSR count). The van der Waals surface area contributed by atoms with Gasteiger partial charge in [-0.1, -0.05) is 12.8 Å². The van der Waals surface area contributed by atoms with E-state index in [1.807, 2.05) is 0 Å². The van der Waals surface area contributed by atoms with Crippen molar-refractivity contribution in [2.24, 2.45) is 0 Å². The van der Waals surface area contributed by atoms with E-state index in [2.05, 4.69) is 0 Å². The highest BCUT2D eigenvalue weighted by molar-refractivity contribution is 6.59. The van der Waals surface area contributed by atoms with Gasteiger partial charge in [0.15, 0.2) is 0 Å². The predicted octanol–water partition coefficient (Wildman–Crippen LogP) is 1.74. The Balaban J connectivity index is 2.28. The van der Waals surface area contributed by atoms with Crippen LogP contribution in [0.15, 0.2) is 0 Å². The van der Waals surface area contributed by atoms with E-state index in [4.69, 9.17) is 32.2 Å². The van der Waals surface area contributed by atoms with Crippen LogP contribution in [-0.4, -0.2) is 62.7 Å². The van der Waals surface area contributed by atoms with Gasteiger partial charge in [-0.15, -0.1) is 0 Å². The second-order valence-electron chi connectivity index (χ2n) is 4.93. The molecule has 0 amide bonds. The molecule has 1 saturated heterocycles. The smallest absolute Gasteiger partial charge is 0.377 e. The summed E-state index contributed by atoms with van der Waals surface area (Å²) in [4.78, 5) is 0. The standard InChI is InChI=1S/C13H28O7Si/c1-14-13(15-2,16-3)20-21(5,17-4)19-10-8-6-7-9-12-11-18-12/h12H,6-11H2,1-5H3. The van der Waals surface area contributed by atoms with E-state index in [1.54, 1.807) is 13.7 Å². The van der Waals surface area contributed by atoms with Crippen LogP contribution in [-0.2, 0) is 32.2 Å². The van der Waals surface area contributed by atoms with Gasteiger partial charge in [-0.2, -0.15) is 0 Å². The SMILES string of the molecule is COC(OC)(OC)O[Si](C)(OC)OCCCCCC1CO1. The lowest BCUT2D eigenvalue weighted by atomic mass is 10.2. The minimum Gasteiger partial charge on any atom is -0.377 e. The third-order valence-electron chi connectivity index (χ3n) is 3.37. The van der Waals surface area contributed by atoms with Gasteiger partial charge in [0.1, 0.15) is 0 Å². The normalized spacial score (nSPS) is 21.3. The summed E-state index contributed by atoms with van der Waals surface area (Å²) < 4.78 is 37.3. The number of hydrogen-bond donors (Lipinski definition) is 0. The molecule has 1 fully saturated rings. The number of epoxide rings is 1. The van der Waals surface area contributed by atoms with Gasteiger partial charge in [-0.3, -0.25) is 4.43 Å². The van der Waals surface area contributed by atoms with Crippen molar-refractivity contribution in [3.8, 4) is 0 Å². The lowest BCUT2D eigenvalue weighted by Gasteiger charge is -2.34. The van der Waals surface area contributed by atoms with Crippen molar-refractivity contribution in [2.45, 2.75) is 44.5 Å². The molecule has 0 aromatic carbocycles. The Morgan fingerprint density at radius 1 is 1.05 bits per heavy atom. The number of ether oxygens (including phenoxy) is 4. The first-order valence-corrected chi connectivity index (χ1v) is 9.42. The van der Waals surface area contributed by atoms with E-state index >= 15 is 0 Å². The van der Waals surface area contributed by atoms with Crippen LogP contribution in [0.2, 0.25) is 6.55 Å². The molecule has 0 radical (unpaired) electrons. The number of hydrogen-bond acceptors (Lipinski definition) is 7. The van der Waals surface area contributed by atoms with Gasteiger partial charge >= 0.3 is 15.0 Å². The molecule has 126 valence electrons. The fourth-order valence-corrected chi connectivity index (χ4v) is 3.35. The van der Waals surface area contributed by atoms with E-state index in [-0.39, 0.29) is 0 Å². The summed E-state index contributed by atoms with van der Waals surface area (Å²) in [7, 11) is 2.94. The van der Waals surface area contributed by atoms with Crippen molar-refractivity contribution in [2.75, 3.05) is 41.7 Å². The van der Waals surface area contributed by atoms with Gasteiger partial charge in [0, 0.05) is 41.6 Å². The summed E-state index contributed by atoms with van der Waals surface area (Å²) in [6.45, 7) is 3.26. The van der Waals surface area contributed by atoms with Crippen molar-refractivity contribution < 1.29 is 32.2 Å². The van der Waals surface area contributed by atoms with Crippen LogP contribution < -0.4 is 0 Å². The molecule has 0 spiro atoms. The van der Waals surface area contributed by atoms with Gasteiger partial charge in [-0.25, -0.2) is 0 Å². The van der Waals surface area contributed by atoms with E-state index in [9.17, 15) is 0 Å². The van der Waals surface area contributed by atoms with E-state index in [1.165, 1.54) is 21.3 Å². The molecule has 2 unspecified atom stereocenters. The highest BCUT2D eigenvalue weighted by Gasteiger charge is 2.46. The second-order valence-corrected chi connectivity index (χ2v) is 7.56. The van der Waals surface area contributed by atoms with Crippen molar-refractivity contribution in [3.05, 3.63) is 0 Å². The molecule has 2 atom stereocenters. The minimum atomic E-state index is -2.89. The van der Waals surface area contributed by atoms with Crippen LogP contribution in [0.1, 0.15) is 25.7 Å². The third-order valence-corrected chi connectivity index (χ3v) is 5.46. The van der Waals surface area contributed by atoms with Crippen LogP contribution >= 0.6 is 0 Å². The van der Waals surface area contributed by atoms with Gasteiger partial charge in [0.2, 0.25) is 0 Å². The first kappa shape index (κ1) is 19.0. The largest absolute Gasteiger partial charge is 0.503 e. The Kier molecular flexibility index (Phi) is 8.28. The third kappa shape index (κ3) is 6.70. The Morgan fingerprint density at radius 3 is 2.14 bits per heavy atom. The number of unbranched alkanes of at least 4 members (excludes halogenated alkanes) is 2. The zero-order valence-electron chi connectivity index (χ0n) is 13.7. The Hall–Kier alpha value is -0.0631. The van der Waals surface area contributed by atoms with Crippen molar-refractivity contribution >= 4 is 8.80 Å². The molecule has 0 bridgehead atoms. The molecule has 1 heterocycles. The van der Waals surface area contributed by atoms with Crippen LogP contribution in [0.5, 0.6) is 0 Å². The summed E-state index contributed by atoms with van der Waals surface area (Å²) in [6, 6.07) is 0. The Labute approximate surface area is 128 Å². The highest BCUT2D eigenvalue weighted by Crippen LogP contribution is 2.23. The van der Waals surface area contributed by atoms with Crippen LogP contribution in [0.25, 0.3) is 0 Å². The molecule has 8 heteroatoms. The van der Waals surface area contributed by atoms with Crippen molar-refractivity contribution in [1.29, 1.82) is 0 Å². The molecule has 0 aromatic rings. The first-order chi connectivity index (χ1) is 10.0. The lowest BCUT2D eigenvalue weighted by molar-refractivity contribution is -0.459. The fraction of sp³-hybridized carbons (Fsp3) is 1.00. The van der Waals surface area contributed by atoms with Crippen molar-refractivity contribution in [3.63, 3.8) is 0 Å². The molecule has 0 aromatic heterocycles. The van der Waals surface area contributed by atoms with Crippen LogP contribution in [0, 0.1) is 0 Å². The molecular weight excluding hydrogens is 296 g/mol. The zero-order valence-corrected chi connectivity index (χ0v) is 14.7. The molecule has 1 aliphatic rings. The van der Waals surface area contributed by atoms with Gasteiger partial charge in [0.25, 0.3) is 0 Å². The molecular formula is C13H28O7Si. The summed E-state index contributed by atoms with van der Waals surface area (Å²) in [6.07, 6.45) is 3.23. The minimum absolute atomic E-state index is 0.499. The monoisotopic (exact) mass is 324 g/mol. The second kappa shape index (κ2) is 9.16. The van der Waals surface area contributed by atoms with Crippen molar-refractivity contribution in [1.82, 2.24) is 0 Å². The van der Waals surface area contributed by atoms with Gasteiger partial charge in [0.05, 0.1) is 12.7 Å². The zero-order chi connectivity index (χ0) is 15.8. The molecule has 21 heavy (non-hydrogen) atoms. The quantitative estimate of drug-likeness (QED) is 0.221. The topological polar surface area (TPSA) is 67.9 Å². The summed E-state index contributed by atoms with van der Waals surface area (Å²) >= 11 is 0. The maximum Gasteiger partial charge on any atom is 0.503 e. The maximum absolute atomic E-state index is 5.79. The van der Waals surface area contributed by atoms with E-state index in [0.29, 0.717) is 12.7 Å². The summed E-state index contributed by atoms with van der Waals surface area (Å²) in [5.41, 5.74) is 0. The van der Waals surface area contributed by atoms with Gasteiger partial charge < -0.3 is 27.8 Å². The van der Waals surface area contributed by atoms with Gasteiger partial charge in [-0.05, 0) is 12.8 Å². The predicted molar refractivity (Wildman–Crippen MR) is 77.6 cm³/mol. The number of rotatable bonds is 13. The highest BCUT2D eigenvalue weighted by atomic mass is 28.4. The average molecular weight is 324 g/mol. The summed E-state index contributed by atoms with van der Waals surface area (Å²) in [5, 5.41) is 0. The summed E-state index contributed by atoms with van der Waals surface area (Å²) in [5.74, 6) is 0. The molecule has 0 aliphatic carbocycles. The van der Waals surface area contributed by atoms with E-state index in [0.717, 1.165) is 32.3 Å². The first-order valence-electron chi connectivity index (χ1n) is 7.19. The molecule has 7 nitrogen and oxygen atoms in total. The lowest BCUT2D eigenvalue weighted by Crippen LogP contribution is -2.53. The molecule has 1 aliphatic heterocycles. The van der Waals surface area contributed by atoms with Crippen LogP contribution in [0.3, 0.4) is 0 Å². The Morgan fingerprint density at radius 2 is 1.67 bits per heavy atom. The van der Waals surface area contributed by atoms with E-state index < -0.39 is 15.0 Å². The average Bonchev–Trinajstić information content (AvgIpc) is 3.33. The fourth-order valence-electron chi connectivity index (χ4n) is 1.88. The van der Waals surface area contributed by atoms with Crippen LogP contribution in [0.4, 0.5) is 0 Å². The maximum atomic E-state index is 5.79. The molecule has 0 N–H and O–H groups in total.